The largest absolute Gasteiger partial charge is 0.272 e. The molecule has 0 saturated carbocycles. The molecule has 0 rings (SSSR count). The maximum atomic E-state index is 5.55. The molecule has 70 valence electrons. The summed E-state index contributed by atoms with van der Waals surface area (Å²) in [5.74, 6) is 0. The van der Waals surface area contributed by atoms with Crippen LogP contribution in [0, 0.1) is 12.1 Å². The van der Waals surface area contributed by atoms with E-state index in [0.29, 0.717) is 0 Å². The Morgan fingerprint density at radius 2 is 1.67 bits per heavy atom. The fourth-order valence-electron chi connectivity index (χ4n) is 1.21. The lowest BCUT2D eigenvalue weighted by Crippen LogP contribution is -2.26. The first-order valence-electron chi connectivity index (χ1n) is 4.48. The Hall–Kier alpha value is -0.0500. The summed E-state index contributed by atoms with van der Waals surface area (Å²) in [5.41, 5.74) is 2.93. The van der Waals surface area contributed by atoms with Crippen molar-refractivity contribution in [1.29, 1.82) is 0 Å². The summed E-state index contributed by atoms with van der Waals surface area (Å²) in [5, 5.41) is 0.246. The lowest BCUT2D eigenvalue weighted by atomic mass is 10.3. The van der Waals surface area contributed by atoms with Crippen LogP contribution in [-0.4, -0.2) is 22.9 Å². The number of hydrogen-bond acceptors (Lipinski definition) is 1. The molecule has 0 aliphatic heterocycles. The molecular weight excluding hydrogens is 165 g/mol. The third kappa shape index (κ3) is 3.13. The van der Waals surface area contributed by atoms with Gasteiger partial charge in [0.05, 0.1) is 0 Å². The van der Waals surface area contributed by atoms with Crippen LogP contribution in [0.15, 0.2) is 0 Å². The maximum absolute atomic E-state index is 5.55. The molecular formula is C10H20NP. The van der Waals surface area contributed by atoms with Crippen molar-refractivity contribution >= 4 is 8.07 Å². The van der Waals surface area contributed by atoms with Gasteiger partial charge in [0.15, 0.2) is 0 Å². The lowest BCUT2D eigenvalue weighted by Gasteiger charge is -2.35. The molecule has 0 aromatic heterocycles. The van der Waals surface area contributed by atoms with Gasteiger partial charge in [-0.25, -0.2) is 0 Å². The van der Waals surface area contributed by atoms with Gasteiger partial charge < -0.3 is 0 Å². The first-order valence-corrected chi connectivity index (χ1v) is 5.78. The van der Waals surface area contributed by atoms with Crippen molar-refractivity contribution in [1.82, 2.24) is 4.67 Å². The highest BCUT2D eigenvalue weighted by Gasteiger charge is 2.26. The van der Waals surface area contributed by atoms with E-state index in [0.717, 1.165) is 13.1 Å². The van der Waals surface area contributed by atoms with Gasteiger partial charge in [-0.05, 0) is 0 Å². The second-order valence-corrected chi connectivity index (χ2v) is 6.54. The van der Waals surface area contributed by atoms with Gasteiger partial charge in [0.2, 0.25) is 0 Å². The van der Waals surface area contributed by atoms with Crippen LogP contribution in [0.3, 0.4) is 0 Å². The minimum atomic E-state index is -0.402. The zero-order valence-corrected chi connectivity index (χ0v) is 9.78. The zero-order valence-electron chi connectivity index (χ0n) is 8.89. The third-order valence-electron chi connectivity index (χ3n) is 1.77. The molecule has 1 unspecified atom stereocenters. The van der Waals surface area contributed by atoms with Crippen molar-refractivity contribution in [3.8, 4) is 12.1 Å². The third-order valence-corrected chi connectivity index (χ3v) is 4.42. The van der Waals surface area contributed by atoms with Crippen LogP contribution >= 0.6 is 8.07 Å². The maximum Gasteiger partial charge on any atom is 0.0495 e. The highest BCUT2D eigenvalue weighted by atomic mass is 31.1. The molecule has 0 aromatic carbocycles. The Morgan fingerprint density at radius 3 is 1.75 bits per heavy atom. The van der Waals surface area contributed by atoms with Crippen LogP contribution < -0.4 is 0 Å². The van der Waals surface area contributed by atoms with Crippen molar-refractivity contribution < 1.29 is 0 Å². The summed E-state index contributed by atoms with van der Waals surface area (Å²) < 4.78 is 2.38. The Labute approximate surface area is 78.3 Å². The summed E-state index contributed by atoms with van der Waals surface area (Å²) in [6.07, 6.45) is 5.55. The second-order valence-electron chi connectivity index (χ2n) is 3.75. The van der Waals surface area contributed by atoms with Crippen molar-refractivity contribution in [2.24, 2.45) is 0 Å². The van der Waals surface area contributed by atoms with E-state index < -0.39 is 8.07 Å². The molecule has 0 spiro atoms. The van der Waals surface area contributed by atoms with E-state index >= 15 is 0 Å². The summed E-state index contributed by atoms with van der Waals surface area (Å²) in [4.78, 5) is 0. The van der Waals surface area contributed by atoms with Crippen LogP contribution in [0.2, 0.25) is 0 Å². The van der Waals surface area contributed by atoms with Gasteiger partial charge in [-0.1, -0.05) is 40.3 Å². The summed E-state index contributed by atoms with van der Waals surface area (Å²) >= 11 is 0. The van der Waals surface area contributed by atoms with E-state index in [9.17, 15) is 0 Å². The molecule has 0 N–H and O–H groups in total. The lowest BCUT2D eigenvalue weighted by molar-refractivity contribution is 0.495. The molecule has 0 aliphatic rings. The molecule has 0 heterocycles. The Bertz CT molecular complexity index is 160. The van der Waals surface area contributed by atoms with Gasteiger partial charge in [-0.3, -0.25) is 4.67 Å². The monoisotopic (exact) mass is 185 g/mol. The normalized spacial score (nSPS) is 14.4. The topological polar surface area (TPSA) is 3.24 Å². The molecule has 1 nitrogen and oxygen atoms in total. The molecule has 0 fully saturated rings. The molecule has 0 aromatic rings. The predicted molar refractivity (Wildman–Crippen MR) is 58.4 cm³/mol. The van der Waals surface area contributed by atoms with Gasteiger partial charge in [0.25, 0.3) is 0 Å². The van der Waals surface area contributed by atoms with Crippen LogP contribution in [-0.2, 0) is 0 Å². The van der Waals surface area contributed by atoms with Crippen LogP contribution in [0.1, 0.15) is 34.6 Å². The second kappa shape index (κ2) is 4.85. The predicted octanol–water partition coefficient (Wildman–Crippen LogP) is 3.11. The minimum absolute atomic E-state index is 0.246. The Morgan fingerprint density at radius 1 is 1.25 bits per heavy atom. The number of terminal acetylenes is 1. The molecule has 0 saturated heterocycles. The smallest absolute Gasteiger partial charge is 0.0495 e. The van der Waals surface area contributed by atoms with E-state index in [-0.39, 0.29) is 5.16 Å². The quantitative estimate of drug-likeness (QED) is 0.482. The van der Waals surface area contributed by atoms with Crippen LogP contribution in [0.5, 0.6) is 0 Å². The summed E-state index contributed by atoms with van der Waals surface area (Å²) in [6.45, 7) is 13.1. The molecule has 1 atom stereocenters. The SMILES string of the molecule is C#CP(N(CC)CC)C(C)(C)C. The number of rotatable bonds is 3. The molecule has 0 bridgehead atoms. The zero-order chi connectivity index (χ0) is 9.78. The Balaban J connectivity index is 4.45. The number of hydrogen-bond donors (Lipinski definition) is 0. The Kier molecular flexibility index (Phi) is 4.83. The van der Waals surface area contributed by atoms with E-state index in [1.165, 1.54) is 0 Å². The van der Waals surface area contributed by atoms with E-state index in [2.05, 4.69) is 45.0 Å². The van der Waals surface area contributed by atoms with Gasteiger partial charge in [-0.15, -0.1) is 6.42 Å². The van der Waals surface area contributed by atoms with E-state index in [1.807, 2.05) is 0 Å². The molecule has 0 aliphatic carbocycles. The van der Waals surface area contributed by atoms with Gasteiger partial charge >= 0.3 is 0 Å². The van der Waals surface area contributed by atoms with Crippen molar-refractivity contribution in [3.63, 3.8) is 0 Å². The van der Waals surface area contributed by atoms with Gasteiger partial charge in [0, 0.05) is 26.3 Å². The average Bonchev–Trinajstić information content (AvgIpc) is 1.97. The average molecular weight is 185 g/mol. The van der Waals surface area contributed by atoms with Crippen LogP contribution in [0.25, 0.3) is 0 Å². The summed E-state index contributed by atoms with van der Waals surface area (Å²) in [6, 6.07) is 0. The molecule has 0 amide bonds. The fourth-order valence-corrected chi connectivity index (χ4v) is 3.17. The van der Waals surface area contributed by atoms with Gasteiger partial charge in [-0.2, -0.15) is 0 Å². The highest BCUT2D eigenvalue weighted by molar-refractivity contribution is 7.62. The molecule has 2 heteroatoms. The van der Waals surface area contributed by atoms with E-state index in [4.69, 9.17) is 6.42 Å². The first kappa shape index (κ1) is 11.9. The molecule has 0 radical (unpaired) electrons. The standard InChI is InChI=1S/C10H20NP/c1-7-11(8-2)12(9-3)10(4,5)6/h3H,7-8H2,1-2,4-6H3. The fraction of sp³-hybridized carbons (Fsp3) is 0.800. The molecule has 12 heavy (non-hydrogen) atoms. The van der Waals surface area contributed by atoms with E-state index in [1.54, 1.807) is 0 Å². The first-order chi connectivity index (χ1) is 5.47. The highest BCUT2D eigenvalue weighted by Crippen LogP contribution is 2.50. The summed E-state index contributed by atoms with van der Waals surface area (Å²) in [7, 11) is -0.402. The van der Waals surface area contributed by atoms with Crippen molar-refractivity contribution in [3.05, 3.63) is 0 Å². The van der Waals surface area contributed by atoms with Gasteiger partial charge in [0.1, 0.15) is 0 Å². The van der Waals surface area contributed by atoms with Crippen molar-refractivity contribution in [2.75, 3.05) is 13.1 Å². The number of nitrogens with zero attached hydrogens (tertiary/aromatic N) is 1. The van der Waals surface area contributed by atoms with Crippen molar-refractivity contribution in [2.45, 2.75) is 39.8 Å². The minimum Gasteiger partial charge on any atom is -0.272 e. The van der Waals surface area contributed by atoms with Crippen LogP contribution in [0.4, 0.5) is 0 Å².